The second-order valence-corrected chi connectivity index (χ2v) is 8.54. The molecule has 2 amide bonds. The van der Waals surface area contributed by atoms with Crippen LogP contribution in [0.1, 0.15) is 11.1 Å². The van der Waals surface area contributed by atoms with Gasteiger partial charge in [0, 0.05) is 12.1 Å². The SMILES string of the molecule is O=C(COC(=O)C(Cc1ccccc1)NC(=O)OCc1ccccc1)Nc1ccc(Oc2ccccc2)cc1. The van der Waals surface area contributed by atoms with Gasteiger partial charge in [-0.15, -0.1) is 0 Å². The molecule has 0 saturated carbocycles. The van der Waals surface area contributed by atoms with Gasteiger partial charge < -0.3 is 24.8 Å². The van der Waals surface area contributed by atoms with E-state index in [9.17, 15) is 14.4 Å². The molecule has 0 aliphatic heterocycles. The van der Waals surface area contributed by atoms with E-state index < -0.39 is 30.6 Å². The molecule has 0 aliphatic carbocycles. The van der Waals surface area contributed by atoms with Crippen molar-refractivity contribution in [3.05, 3.63) is 126 Å². The second kappa shape index (κ2) is 14.0. The Bertz CT molecular complexity index is 1350. The Morgan fingerprint density at radius 1 is 0.641 bits per heavy atom. The van der Waals surface area contributed by atoms with Gasteiger partial charge in [-0.1, -0.05) is 78.9 Å². The van der Waals surface area contributed by atoms with Gasteiger partial charge in [-0.25, -0.2) is 9.59 Å². The number of rotatable bonds is 11. The van der Waals surface area contributed by atoms with E-state index in [1.54, 1.807) is 24.3 Å². The normalized spacial score (nSPS) is 11.1. The van der Waals surface area contributed by atoms with Crippen LogP contribution >= 0.6 is 0 Å². The number of ether oxygens (including phenoxy) is 3. The van der Waals surface area contributed by atoms with Crippen molar-refractivity contribution in [2.45, 2.75) is 19.1 Å². The molecule has 0 aromatic heterocycles. The summed E-state index contributed by atoms with van der Waals surface area (Å²) in [4.78, 5) is 37.7. The smallest absolute Gasteiger partial charge is 0.408 e. The quantitative estimate of drug-likeness (QED) is 0.251. The summed E-state index contributed by atoms with van der Waals surface area (Å²) in [5.41, 5.74) is 2.14. The summed E-state index contributed by atoms with van der Waals surface area (Å²) in [5, 5.41) is 5.23. The van der Waals surface area contributed by atoms with Crippen LogP contribution in [-0.2, 0) is 32.1 Å². The third-order valence-corrected chi connectivity index (χ3v) is 5.53. The molecule has 1 atom stereocenters. The molecule has 8 heteroatoms. The molecular weight excluding hydrogens is 496 g/mol. The molecule has 4 aromatic carbocycles. The van der Waals surface area contributed by atoms with E-state index in [0.29, 0.717) is 17.2 Å². The molecule has 0 fully saturated rings. The van der Waals surface area contributed by atoms with E-state index >= 15 is 0 Å². The lowest BCUT2D eigenvalue weighted by molar-refractivity contribution is -0.149. The number of amides is 2. The molecule has 0 aliphatic rings. The van der Waals surface area contributed by atoms with Crippen molar-refractivity contribution in [3.8, 4) is 11.5 Å². The predicted molar refractivity (Wildman–Crippen MR) is 146 cm³/mol. The Morgan fingerprint density at radius 3 is 1.85 bits per heavy atom. The molecule has 0 bridgehead atoms. The van der Waals surface area contributed by atoms with E-state index in [2.05, 4.69) is 10.6 Å². The average molecular weight is 525 g/mol. The Morgan fingerprint density at radius 2 is 1.21 bits per heavy atom. The monoisotopic (exact) mass is 524 g/mol. The number of alkyl carbamates (subject to hydrolysis) is 1. The number of carbonyl (C=O) groups is 3. The van der Waals surface area contributed by atoms with Gasteiger partial charge in [0.05, 0.1) is 0 Å². The van der Waals surface area contributed by atoms with Gasteiger partial charge in [0.1, 0.15) is 24.1 Å². The maximum absolute atomic E-state index is 12.8. The standard InChI is InChI=1S/C31H28N2O6/c34-29(32-25-16-18-27(19-17-25)39-26-14-8-3-9-15-26)22-37-30(35)28(20-23-10-4-1-5-11-23)33-31(36)38-21-24-12-6-2-7-13-24/h1-19,28H,20-22H2,(H,32,34)(H,33,36). The zero-order chi connectivity index (χ0) is 27.3. The average Bonchev–Trinajstić information content (AvgIpc) is 2.97. The van der Waals surface area contributed by atoms with E-state index in [0.717, 1.165) is 11.1 Å². The maximum atomic E-state index is 12.8. The first-order valence-electron chi connectivity index (χ1n) is 12.4. The highest BCUT2D eigenvalue weighted by Crippen LogP contribution is 2.22. The summed E-state index contributed by atoms with van der Waals surface area (Å²) in [7, 11) is 0. The van der Waals surface area contributed by atoms with Gasteiger partial charge >= 0.3 is 12.1 Å². The third kappa shape index (κ3) is 9.05. The van der Waals surface area contributed by atoms with Crippen molar-refractivity contribution >= 4 is 23.7 Å². The Balaban J connectivity index is 1.29. The molecule has 0 radical (unpaired) electrons. The molecule has 4 rings (SSSR count). The Labute approximate surface area is 226 Å². The first kappa shape index (κ1) is 26.9. The molecule has 39 heavy (non-hydrogen) atoms. The Kier molecular flexibility index (Phi) is 9.67. The van der Waals surface area contributed by atoms with Crippen molar-refractivity contribution < 1.29 is 28.6 Å². The summed E-state index contributed by atoms with van der Waals surface area (Å²) in [6.45, 7) is -0.468. The van der Waals surface area contributed by atoms with E-state index in [4.69, 9.17) is 14.2 Å². The van der Waals surface area contributed by atoms with Gasteiger partial charge in [0.2, 0.25) is 0 Å². The topological polar surface area (TPSA) is 103 Å². The number of esters is 1. The molecule has 0 spiro atoms. The number of para-hydroxylation sites is 1. The summed E-state index contributed by atoms with van der Waals surface area (Å²) < 4.78 is 16.2. The number of hydrogen-bond acceptors (Lipinski definition) is 6. The van der Waals surface area contributed by atoms with Gasteiger partial charge in [-0.3, -0.25) is 4.79 Å². The van der Waals surface area contributed by atoms with Crippen molar-refractivity contribution in [2.75, 3.05) is 11.9 Å². The highest BCUT2D eigenvalue weighted by molar-refractivity contribution is 5.93. The van der Waals surface area contributed by atoms with Gasteiger partial charge in [0.25, 0.3) is 5.91 Å². The minimum Gasteiger partial charge on any atom is -0.457 e. The highest BCUT2D eigenvalue weighted by atomic mass is 16.6. The van der Waals surface area contributed by atoms with E-state index in [1.165, 1.54) is 0 Å². The second-order valence-electron chi connectivity index (χ2n) is 8.54. The highest BCUT2D eigenvalue weighted by Gasteiger charge is 2.24. The number of carbonyl (C=O) groups excluding carboxylic acids is 3. The van der Waals surface area contributed by atoms with E-state index in [-0.39, 0.29) is 13.0 Å². The fraction of sp³-hybridized carbons (Fsp3) is 0.129. The maximum Gasteiger partial charge on any atom is 0.408 e. The molecule has 8 nitrogen and oxygen atoms in total. The van der Waals surface area contributed by atoms with Gasteiger partial charge in [0.15, 0.2) is 6.61 Å². The molecule has 0 heterocycles. The van der Waals surface area contributed by atoms with Crippen LogP contribution in [0, 0.1) is 0 Å². The largest absolute Gasteiger partial charge is 0.457 e. The first-order valence-corrected chi connectivity index (χ1v) is 12.4. The lowest BCUT2D eigenvalue weighted by atomic mass is 10.1. The summed E-state index contributed by atoms with van der Waals surface area (Å²) in [6.07, 6.45) is -0.594. The molecular formula is C31H28N2O6. The summed E-state index contributed by atoms with van der Waals surface area (Å²) in [6, 6.07) is 33.4. The van der Waals surface area contributed by atoms with Crippen LogP contribution < -0.4 is 15.4 Å². The first-order chi connectivity index (χ1) is 19.0. The van der Waals surface area contributed by atoms with Crippen LogP contribution in [0.3, 0.4) is 0 Å². The molecule has 2 N–H and O–H groups in total. The third-order valence-electron chi connectivity index (χ3n) is 5.53. The van der Waals surface area contributed by atoms with Crippen LogP contribution in [0.2, 0.25) is 0 Å². The fourth-order valence-electron chi connectivity index (χ4n) is 3.62. The number of nitrogens with one attached hydrogen (secondary N) is 2. The predicted octanol–water partition coefficient (Wildman–Crippen LogP) is 5.50. The Hall–Kier alpha value is -5.11. The van der Waals surface area contributed by atoms with Crippen LogP contribution in [0.5, 0.6) is 11.5 Å². The van der Waals surface area contributed by atoms with Crippen LogP contribution in [0.25, 0.3) is 0 Å². The summed E-state index contributed by atoms with van der Waals surface area (Å²) >= 11 is 0. The van der Waals surface area contributed by atoms with Crippen molar-refractivity contribution in [3.63, 3.8) is 0 Å². The fourth-order valence-corrected chi connectivity index (χ4v) is 3.62. The number of anilines is 1. The van der Waals surface area contributed by atoms with Crippen LogP contribution in [0.15, 0.2) is 115 Å². The van der Waals surface area contributed by atoms with Crippen LogP contribution in [0.4, 0.5) is 10.5 Å². The molecule has 4 aromatic rings. The van der Waals surface area contributed by atoms with Crippen molar-refractivity contribution in [1.82, 2.24) is 5.32 Å². The number of benzene rings is 4. The summed E-state index contributed by atoms with van der Waals surface area (Å²) in [5.74, 6) is 0.0332. The molecule has 0 saturated heterocycles. The van der Waals surface area contributed by atoms with Gasteiger partial charge in [-0.05, 0) is 47.5 Å². The molecule has 1 unspecified atom stereocenters. The van der Waals surface area contributed by atoms with Crippen molar-refractivity contribution in [1.29, 1.82) is 0 Å². The minimum atomic E-state index is -1.04. The van der Waals surface area contributed by atoms with Crippen LogP contribution in [-0.4, -0.2) is 30.6 Å². The lowest BCUT2D eigenvalue weighted by Gasteiger charge is -2.18. The van der Waals surface area contributed by atoms with E-state index in [1.807, 2.05) is 91.0 Å². The van der Waals surface area contributed by atoms with Gasteiger partial charge in [-0.2, -0.15) is 0 Å². The minimum absolute atomic E-state index is 0.0529. The number of hydrogen-bond donors (Lipinski definition) is 2. The zero-order valence-electron chi connectivity index (χ0n) is 21.1. The zero-order valence-corrected chi connectivity index (χ0v) is 21.1. The van der Waals surface area contributed by atoms with Crippen molar-refractivity contribution in [2.24, 2.45) is 0 Å². The molecule has 198 valence electrons. The lowest BCUT2D eigenvalue weighted by Crippen LogP contribution is -2.44.